The third-order valence-corrected chi connectivity index (χ3v) is 5.20. The summed E-state index contributed by atoms with van der Waals surface area (Å²) in [7, 11) is -0.826. The van der Waals surface area contributed by atoms with Crippen LogP contribution in [0, 0.1) is 0 Å². The lowest BCUT2D eigenvalue weighted by Crippen LogP contribution is -2.14. The number of benzene rings is 1. The third-order valence-electron chi connectivity index (χ3n) is 3.84. The Kier molecular flexibility index (Phi) is 3.63. The fraction of sp³-hybridized carbons (Fsp3) is 0.333. The van der Waals surface area contributed by atoms with Crippen LogP contribution in [0.1, 0.15) is 13.3 Å². The Morgan fingerprint density at radius 3 is 2.86 bits per heavy atom. The molecule has 6 heteroatoms. The normalized spacial score (nSPS) is 14.6. The number of aryl methyl sites for hydroxylation is 1. The second-order valence-electron chi connectivity index (χ2n) is 5.23. The van der Waals surface area contributed by atoms with Crippen LogP contribution in [0.15, 0.2) is 30.5 Å². The Hall–Kier alpha value is -1.95. The number of aromatic nitrogens is 3. The molecule has 0 amide bonds. The van der Waals surface area contributed by atoms with Gasteiger partial charge in [0, 0.05) is 34.2 Å². The first kappa shape index (κ1) is 14.0. The molecule has 0 spiro atoms. The van der Waals surface area contributed by atoms with E-state index in [2.05, 4.69) is 9.97 Å². The Morgan fingerprint density at radius 1 is 1.33 bits per heavy atom. The molecular formula is C15H18N4OS. The lowest BCUT2D eigenvalue weighted by Gasteiger charge is -2.11. The number of nitrogens with two attached hydrogens (primary N) is 1. The second-order valence-corrected chi connectivity index (χ2v) is 7.03. The molecule has 0 fully saturated rings. The standard InChI is InChI=1S/C15H18N4OS/c1-10(21(2)20)7-8-19-14-11-5-3-4-6-12(11)17-9-13(14)18-15(19)16/h3-6,9-10H,7-8H2,1-2H3,(H2,16,18). The van der Waals surface area contributed by atoms with Crippen LogP contribution in [0.5, 0.6) is 0 Å². The van der Waals surface area contributed by atoms with Gasteiger partial charge in [-0.3, -0.25) is 9.19 Å². The molecule has 0 saturated heterocycles. The van der Waals surface area contributed by atoms with E-state index in [1.54, 1.807) is 12.5 Å². The van der Waals surface area contributed by atoms with Crippen molar-refractivity contribution in [2.75, 3.05) is 12.0 Å². The zero-order chi connectivity index (χ0) is 15.0. The first-order chi connectivity index (χ1) is 10.1. The molecule has 3 rings (SSSR count). The summed E-state index contributed by atoms with van der Waals surface area (Å²) in [5.74, 6) is 0.484. The van der Waals surface area contributed by atoms with Gasteiger partial charge < -0.3 is 10.3 Å². The van der Waals surface area contributed by atoms with Gasteiger partial charge in [-0.05, 0) is 12.5 Å². The number of fused-ring (bicyclic) bond motifs is 3. The SMILES string of the molecule is CC(CCn1c(N)nc2cnc3ccccc3c21)S(C)=O. The lowest BCUT2D eigenvalue weighted by atomic mass is 10.2. The number of para-hydroxylation sites is 1. The largest absolute Gasteiger partial charge is 0.369 e. The van der Waals surface area contributed by atoms with Crippen molar-refractivity contribution in [3.63, 3.8) is 0 Å². The molecule has 5 nitrogen and oxygen atoms in total. The molecule has 0 saturated carbocycles. The first-order valence-electron chi connectivity index (χ1n) is 6.89. The zero-order valence-electron chi connectivity index (χ0n) is 12.1. The highest BCUT2D eigenvalue weighted by atomic mass is 32.2. The van der Waals surface area contributed by atoms with Crippen LogP contribution in [-0.4, -0.2) is 30.2 Å². The average Bonchev–Trinajstić information content (AvgIpc) is 2.80. The number of hydrogen-bond acceptors (Lipinski definition) is 4. The molecule has 0 bridgehead atoms. The minimum atomic E-state index is -0.826. The molecule has 21 heavy (non-hydrogen) atoms. The summed E-state index contributed by atoms with van der Waals surface area (Å²) in [6.07, 6.45) is 4.29. The quantitative estimate of drug-likeness (QED) is 0.802. The highest BCUT2D eigenvalue weighted by molar-refractivity contribution is 7.84. The van der Waals surface area contributed by atoms with Gasteiger partial charge in [0.25, 0.3) is 0 Å². The van der Waals surface area contributed by atoms with Gasteiger partial charge in [-0.1, -0.05) is 25.1 Å². The third kappa shape index (κ3) is 2.51. The Labute approximate surface area is 125 Å². The van der Waals surface area contributed by atoms with Crippen LogP contribution in [0.3, 0.4) is 0 Å². The molecular weight excluding hydrogens is 284 g/mol. The summed E-state index contributed by atoms with van der Waals surface area (Å²) >= 11 is 0. The van der Waals surface area contributed by atoms with Crippen LogP contribution in [0.4, 0.5) is 5.95 Å². The van der Waals surface area contributed by atoms with Crippen molar-refractivity contribution < 1.29 is 4.21 Å². The van der Waals surface area contributed by atoms with Crippen LogP contribution >= 0.6 is 0 Å². The lowest BCUT2D eigenvalue weighted by molar-refractivity contribution is 0.633. The minimum absolute atomic E-state index is 0.134. The highest BCUT2D eigenvalue weighted by Crippen LogP contribution is 2.26. The van der Waals surface area contributed by atoms with Gasteiger partial charge in [-0.15, -0.1) is 0 Å². The fourth-order valence-corrected chi connectivity index (χ4v) is 2.92. The van der Waals surface area contributed by atoms with E-state index in [4.69, 9.17) is 5.73 Å². The smallest absolute Gasteiger partial charge is 0.201 e. The summed E-state index contributed by atoms with van der Waals surface area (Å²) < 4.78 is 13.5. The van der Waals surface area contributed by atoms with E-state index >= 15 is 0 Å². The maximum atomic E-state index is 11.5. The number of nitrogens with zero attached hydrogens (tertiary/aromatic N) is 3. The second kappa shape index (κ2) is 5.44. The predicted molar refractivity (Wildman–Crippen MR) is 87.6 cm³/mol. The van der Waals surface area contributed by atoms with Gasteiger partial charge in [0.15, 0.2) is 0 Å². The van der Waals surface area contributed by atoms with E-state index < -0.39 is 10.8 Å². The predicted octanol–water partition coefficient (Wildman–Crippen LogP) is 2.32. The van der Waals surface area contributed by atoms with Crippen LogP contribution < -0.4 is 5.73 Å². The van der Waals surface area contributed by atoms with Crippen LogP contribution in [0.25, 0.3) is 21.9 Å². The molecule has 0 aliphatic carbocycles. The summed E-state index contributed by atoms with van der Waals surface area (Å²) in [6, 6.07) is 7.96. The van der Waals surface area contributed by atoms with Crippen molar-refractivity contribution in [1.82, 2.24) is 14.5 Å². The van der Waals surface area contributed by atoms with Crippen molar-refractivity contribution in [1.29, 1.82) is 0 Å². The van der Waals surface area contributed by atoms with Gasteiger partial charge in [-0.25, -0.2) is 4.98 Å². The molecule has 3 aromatic rings. The van der Waals surface area contributed by atoms with E-state index in [0.29, 0.717) is 12.5 Å². The van der Waals surface area contributed by atoms with Crippen molar-refractivity contribution in [3.8, 4) is 0 Å². The Balaban J connectivity index is 2.10. The van der Waals surface area contributed by atoms with Gasteiger partial charge in [-0.2, -0.15) is 0 Å². The average molecular weight is 302 g/mol. The maximum absolute atomic E-state index is 11.5. The topological polar surface area (TPSA) is 73.8 Å². The monoisotopic (exact) mass is 302 g/mol. The minimum Gasteiger partial charge on any atom is -0.369 e. The van der Waals surface area contributed by atoms with E-state index in [-0.39, 0.29) is 5.25 Å². The molecule has 2 atom stereocenters. The molecule has 2 heterocycles. The van der Waals surface area contributed by atoms with E-state index in [1.807, 2.05) is 35.8 Å². The molecule has 2 aromatic heterocycles. The molecule has 110 valence electrons. The molecule has 0 aliphatic heterocycles. The highest BCUT2D eigenvalue weighted by Gasteiger charge is 2.14. The maximum Gasteiger partial charge on any atom is 0.201 e. The first-order valence-corrected chi connectivity index (χ1v) is 8.51. The summed E-state index contributed by atoms with van der Waals surface area (Å²) in [6.45, 7) is 2.70. The van der Waals surface area contributed by atoms with Gasteiger partial charge in [0.2, 0.25) is 5.95 Å². The van der Waals surface area contributed by atoms with Crippen LogP contribution in [-0.2, 0) is 17.3 Å². The van der Waals surface area contributed by atoms with E-state index in [0.717, 1.165) is 28.4 Å². The molecule has 0 aliphatic rings. The summed E-state index contributed by atoms with van der Waals surface area (Å²) in [5, 5.41) is 1.18. The fourth-order valence-electron chi connectivity index (χ4n) is 2.48. The summed E-state index contributed by atoms with van der Waals surface area (Å²) in [4.78, 5) is 8.80. The zero-order valence-corrected chi connectivity index (χ0v) is 12.9. The van der Waals surface area contributed by atoms with Crippen LogP contribution in [0.2, 0.25) is 0 Å². The Morgan fingerprint density at radius 2 is 2.10 bits per heavy atom. The number of pyridine rings is 1. The van der Waals surface area contributed by atoms with Gasteiger partial charge >= 0.3 is 0 Å². The number of rotatable bonds is 4. The van der Waals surface area contributed by atoms with Crippen molar-refractivity contribution >= 4 is 38.7 Å². The van der Waals surface area contributed by atoms with Crippen molar-refractivity contribution in [2.24, 2.45) is 0 Å². The molecule has 2 N–H and O–H groups in total. The number of anilines is 1. The number of imidazole rings is 1. The van der Waals surface area contributed by atoms with Gasteiger partial charge in [0.05, 0.1) is 17.2 Å². The molecule has 2 unspecified atom stereocenters. The van der Waals surface area contributed by atoms with E-state index in [9.17, 15) is 4.21 Å². The molecule has 0 radical (unpaired) electrons. The van der Waals surface area contributed by atoms with Crippen molar-refractivity contribution in [3.05, 3.63) is 30.5 Å². The number of nitrogen functional groups attached to an aromatic ring is 1. The summed E-state index contributed by atoms with van der Waals surface area (Å²) in [5.41, 5.74) is 8.79. The number of hydrogen-bond donors (Lipinski definition) is 1. The van der Waals surface area contributed by atoms with E-state index in [1.165, 1.54) is 0 Å². The molecule has 1 aromatic carbocycles. The van der Waals surface area contributed by atoms with Crippen molar-refractivity contribution in [2.45, 2.75) is 25.1 Å². The Bertz CT molecular complexity index is 827. The van der Waals surface area contributed by atoms with Gasteiger partial charge in [0.1, 0.15) is 5.52 Å².